The minimum absolute atomic E-state index is 0.0181. The molecule has 0 bridgehead atoms. The number of benzene rings is 1. The third-order valence-electron chi connectivity index (χ3n) is 3.73. The van der Waals surface area contributed by atoms with Gasteiger partial charge in [0.2, 0.25) is 5.91 Å². The van der Waals surface area contributed by atoms with Crippen molar-refractivity contribution in [2.75, 3.05) is 16.9 Å². The van der Waals surface area contributed by atoms with Crippen molar-refractivity contribution < 1.29 is 14.3 Å². The molecule has 2 aromatic rings. The number of hydrazine groups is 1. The van der Waals surface area contributed by atoms with Gasteiger partial charge in [-0.1, -0.05) is 23.2 Å². The predicted octanol–water partition coefficient (Wildman–Crippen LogP) is 3.04. The molecular formula is C17H16Cl2N4O3. The van der Waals surface area contributed by atoms with Gasteiger partial charge in [-0.25, -0.2) is 15.3 Å². The molecule has 1 aromatic heterocycles. The number of rotatable bonds is 6. The molecule has 1 fully saturated rings. The van der Waals surface area contributed by atoms with Gasteiger partial charge in [-0.2, -0.15) is 0 Å². The first-order valence-electron chi connectivity index (χ1n) is 7.92. The van der Waals surface area contributed by atoms with Crippen LogP contribution in [0, 0.1) is 0 Å². The lowest BCUT2D eigenvalue weighted by atomic mass is 10.2. The predicted molar refractivity (Wildman–Crippen MR) is 99.5 cm³/mol. The van der Waals surface area contributed by atoms with Gasteiger partial charge in [-0.3, -0.25) is 9.59 Å². The van der Waals surface area contributed by atoms with Gasteiger partial charge < -0.3 is 10.2 Å². The summed E-state index contributed by atoms with van der Waals surface area (Å²) >= 11 is 11.8. The summed E-state index contributed by atoms with van der Waals surface area (Å²) < 4.78 is 5.37. The highest BCUT2D eigenvalue weighted by atomic mass is 35.5. The highest BCUT2D eigenvalue weighted by Crippen LogP contribution is 2.26. The number of carbonyl (C=O) groups is 2. The molecule has 0 radical (unpaired) electrons. The van der Waals surface area contributed by atoms with Crippen LogP contribution in [-0.2, 0) is 9.59 Å². The molecule has 2 amide bonds. The van der Waals surface area contributed by atoms with Crippen LogP contribution in [0.15, 0.2) is 36.5 Å². The number of aromatic nitrogens is 1. The summed E-state index contributed by atoms with van der Waals surface area (Å²) in [5.41, 5.74) is 6.05. The summed E-state index contributed by atoms with van der Waals surface area (Å²) in [4.78, 5) is 30.0. The van der Waals surface area contributed by atoms with Crippen molar-refractivity contribution in [3.05, 3.63) is 46.6 Å². The minimum Gasteiger partial charge on any atom is -0.494 e. The summed E-state index contributed by atoms with van der Waals surface area (Å²) in [6.45, 7) is 2.42. The van der Waals surface area contributed by atoms with Crippen LogP contribution in [0.1, 0.15) is 13.3 Å². The van der Waals surface area contributed by atoms with Gasteiger partial charge in [0, 0.05) is 6.20 Å². The number of halogens is 2. The van der Waals surface area contributed by atoms with Gasteiger partial charge in [0.15, 0.2) is 5.82 Å². The molecule has 1 aliphatic rings. The number of pyridine rings is 1. The molecule has 3 rings (SSSR count). The fourth-order valence-electron chi connectivity index (χ4n) is 2.54. The second-order valence-corrected chi connectivity index (χ2v) is 6.35. The molecule has 0 aliphatic carbocycles. The maximum atomic E-state index is 12.6. The summed E-state index contributed by atoms with van der Waals surface area (Å²) in [5.74, 6) is 0.330. The van der Waals surface area contributed by atoms with Crippen molar-refractivity contribution in [1.82, 2.24) is 10.4 Å². The quantitative estimate of drug-likeness (QED) is 0.578. The number of anilines is 2. The van der Waals surface area contributed by atoms with Gasteiger partial charge >= 0.3 is 0 Å². The van der Waals surface area contributed by atoms with Crippen LogP contribution < -0.4 is 20.5 Å². The van der Waals surface area contributed by atoms with Crippen molar-refractivity contribution in [2.24, 2.45) is 0 Å². The van der Waals surface area contributed by atoms with E-state index in [9.17, 15) is 9.59 Å². The Morgan fingerprint density at radius 3 is 2.65 bits per heavy atom. The number of imide groups is 1. The molecule has 136 valence electrons. The normalized spacial score (nSPS) is 16.9. The molecule has 26 heavy (non-hydrogen) atoms. The second kappa shape index (κ2) is 7.90. The molecule has 1 aromatic carbocycles. The molecule has 2 N–H and O–H groups in total. The zero-order chi connectivity index (χ0) is 18.7. The Bertz CT molecular complexity index is 829. The van der Waals surface area contributed by atoms with Crippen LogP contribution in [0.3, 0.4) is 0 Å². The lowest BCUT2D eigenvalue weighted by molar-refractivity contribution is -0.121. The average molecular weight is 395 g/mol. The summed E-state index contributed by atoms with van der Waals surface area (Å²) in [5, 5.41) is 0.694. The van der Waals surface area contributed by atoms with Crippen molar-refractivity contribution in [2.45, 2.75) is 19.4 Å². The monoisotopic (exact) mass is 394 g/mol. The molecule has 2 heterocycles. The summed E-state index contributed by atoms with van der Waals surface area (Å²) in [6, 6.07) is 7.57. The first kappa shape index (κ1) is 18.4. The Hall–Kier alpha value is -2.35. The highest BCUT2D eigenvalue weighted by molar-refractivity contribution is 6.36. The zero-order valence-corrected chi connectivity index (χ0v) is 15.3. The topological polar surface area (TPSA) is 83.6 Å². The number of ether oxygens (including phenoxy) is 1. The summed E-state index contributed by atoms with van der Waals surface area (Å²) in [6.07, 6.45) is 1.44. The van der Waals surface area contributed by atoms with Gasteiger partial charge in [-0.15, -0.1) is 0 Å². The first-order valence-corrected chi connectivity index (χ1v) is 8.67. The van der Waals surface area contributed by atoms with E-state index in [1.165, 1.54) is 12.3 Å². The Kier molecular flexibility index (Phi) is 5.61. The van der Waals surface area contributed by atoms with E-state index in [1.807, 2.05) is 6.92 Å². The maximum Gasteiger partial charge on any atom is 0.253 e. The molecule has 0 unspecified atom stereocenters. The molecule has 7 nitrogen and oxygen atoms in total. The van der Waals surface area contributed by atoms with E-state index in [2.05, 4.69) is 15.8 Å². The van der Waals surface area contributed by atoms with E-state index >= 15 is 0 Å². The fourth-order valence-corrected chi connectivity index (χ4v) is 2.96. The van der Waals surface area contributed by atoms with Crippen LogP contribution in [-0.4, -0.2) is 29.4 Å². The van der Waals surface area contributed by atoms with Crippen molar-refractivity contribution >= 4 is 46.5 Å². The lowest BCUT2D eigenvalue weighted by Gasteiger charge is -2.17. The van der Waals surface area contributed by atoms with Gasteiger partial charge in [0.05, 0.1) is 28.8 Å². The van der Waals surface area contributed by atoms with Crippen molar-refractivity contribution in [3.63, 3.8) is 0 Å². The van der Waals surface area contributed by atoms with Gasteiger partial charge in [0.1, 0.15) is 11.8 Å². The number of nitrogens with zero attached hydrogens (tertiary/aromatic N) is 2. The number of hydrogen-bond acceptors (Lipinski definition) is 6. The molecule has 9 heteroatoms. The number of nitrogens with one attached hydrogen (secondary N) is 2. The van der Waals surface area contributed by atoms with Gasteiger partial charge in [-0.05, 0) is 37.3 Å². The van der Waals surface area contributed by atoms with Crippen LogP contribution >= 0.6 is 23.2 Å². The summed E-state index contributed by atoms with van der Waals surface area (Å²) in [7, 11) is 0. The second-order valence-electron chi connectivity index (χ2n) is 5.50. The largest absolute Gasteiger partial charge is 0.494 e. The van der Waals surface area contributed by atoms with E-state index in [-0.39, 0.29) is 18.2 Å². The fraction of sp³-hybridized carbons (Fsp3) is 0.235. The SMILES string of the molecule is CCOc1ccc(N2C(=O)C[C@@H](NNc3ncc(Cl)cc3Cl)C2=O)cc1. The first-order chi connectivity index (χ1) is 12.5. The van der Waals surface area contributed by atoms with E-state index in [1.54, 1.807) is 24.3 Å². The van der Waals surface area contributed by atoms with E-state index in [0.29, 0.717) is 33.9 Å². The molecule has 1 saturated heterocycles. The molecule has 1 aliphatic heterocycles. The Morgan fingerprint density at radius 2 is 2.00 bits per heavy atom. The lowest BCUT2D eigenvalue weighted by Crippen LogP contribution is -2.41. The van der Waals surface area contributed by atoms with Crippen LogP contribution in [0.2, 0.25) is 10.0 Å². The van der Waals surface area contributed by atoms with E-state index in [4.69, 9.17) is 27.9 Å². The van der Waals surface area contributed by atoms with Crippen molar-refractivity contribution in [3.8, 4) is 5.75 Å². The van der Waals surface area contributed by atoms with Gasteiger partial charge in [0.25, 0.3) is 5.91 Å². The Balaban J connectivity index is 1.68. The maximum absolute atomic E-state index is 12.6. The molecule has 1 atom stereocenters. The molecule has 0 spiro atoms. The van der Waals surface area contributed by atoms with Crippen LogP contribution in [0.5, 0.6) is 5.75 Å². The number of hydrogen-bond donors (Lipinski definition) is 2. The van der Waals surface area contributed by atoms with Crippen LogP contribution in [0.4, 0.5) is 11.5 Å². The van der Waals surface area contributed by atoms with Crippen molar-refractivity contribution in [1.29, 1.82) is 0 Å². The molecule has 0 saturated carbocycles. The smallest absolute Gasteiger partial charge is 0.253 e. The minimum atomic E-state index is -0.734. The third-order valence-corrected chi connectivity index (χ3v) is 4.22. The highest BCUT2D eigenvalue weighted by Gasteiger charge is 2.39. The standard InChI is InChI=1S/C17H16Cl2N4O3/c1-2-26-12-5-3-11(4-6-12)23-15(24)8-14(17(23)25)21-22-16-13(19)7-10(18)9-20-16/h3-7,9,14,21H,2,8H2,1H3,(H,20,22)/t14-/m1/s1. The average Bonchev–Trinajstić information content (AvgIpc) is 2.89. The van der Waals surface area contributed by atoms with Crippen LogP contribution in [0.25, 0.3) is 0 Å². The van der Waals surface area contributed by atoms with E-state index in [0.717, 1.165) is 4.90 Å². The third kappa shape index (κ3) is 3.90. The number of carbonyl (C=O) groups excluding carboxylic acids is 2. The van der Waals surface area contributed by atoms with E-state index < -0.39 is 6.04 Å². The Labute approximate surface area is 160 Å². The number of amides is 2. The molecular weight excluding hydrogens is 379 g/mol. The zero-order valence-electron chi connectivity index (χ0n) is 13.8. The Morgan fingerprint density at radius 1 is 1.27 bits per heavy atom.